The molecule has 0 N–H and O–H groups in total. The third-order valence-corrected chi connectivity index (χ3v) is 4.02. The number of hydrogen-bond donors (Lipinski definition) is 0. The monoisotopic (exact) mass is 242 g/mol. The highest BCUT2D eigenvalue weighted by molar-refractivity contribution is 4.76. The Bertz CT molecular complexity index is 195. The maximum atomic E-state index is 5.94. The Morgan fingerprint density at radius 1 is 1.00 bits per heavy atom. The van der Waals surface area contributed by atoms with E-state index in [9.17, 15) is 0 Å². The maximum absolute atomic E-state index is 5.94. The Morgan fingerprint density at radius 3 is 2.06 bits per heavy atom. The molecule has 0 amide bonds. The first-order chi connectivity index (χ1) is 8.02. The van der Waals surface area contributed by atoms with Gasteiger partial charge in [0.2, 0.25) is 0 Å². The lowest BCUT2D eigenvalue weighted by atomic mass is 9.79. The van der Waals surface area contributed by atoms with Gasteiger partial charge >= 0.3 is 0 Å². The molecule has 0 aromatic heterocycles. The van der Waals surface area contributed by atoms with E-state index in [2.05, 4.69) is 27.7 Å². The van der Waals surface area contributed by atoms with Crippen LogP contribution in [0, 0.1) is 11.8 Å². The molecule has 0 aliphatic heterocycles. The summed E-state index contributed by atoms with van der Waals surface area (Å²) in [6, 6.07) is 0. The number of hydrogen-bond acceptors (Lipinski definition) is 2. The quantitative estimate of drug-likeness (QED) is 0.644. The molecule has 0 aromatic carbocycles. The average molecular weight is 242 g/mol. The van der Waals surface area contributed by atoms with Crippen molar-refractivity contribution in [3.63, 3.8) is 0 Å². The Balaban J connectivity index is 2.23. The van der Waals surface area contributed by atoms with Crippen molar-refractivity contribution in [1.82, 2.24) is 0 Å². The summed E-state index contributed by atoms with van der Waals surface area (Å²) in [6.45, 7) is 10.8. The summed E-state index contributed by atoms with van der Waals surface area (Å²) in [5.41, 5.74) is 0. The molecule has 17 heavy (non-hydrogen) atoms. The van der Waals surface area contributed by atoms with Crippen LogP contribution in [0.3, 0.4) is 0 Å². The summed E-state index contributed by atoms with van der Waals surface area (Å²) < 4.78 is 11.6. The van der Waals surface area contributed by atoms with Crippen molar-refractivity contribution < 1.29 is 9.47 Å². The van der Waals surface area contributed by atoms with Crippen molar-refractivity contribution in [1.29, 1.82) is 0 Å². The maximum Gasteiger partial charge on any atom is 0.155 e. The molecule has 2 heteroatoms. The molecular weight excluding hydrogens is 212 g/mol. The molecule has 2 unspecified atom stereocenters. The van der Waals surface area contributed by atoms with Crippen LogP contribution in [0.4, 0.5) is 0 Å². The van der Waals surface area contributed by atoms with Gasteiger partial charge in [-0.25, -0.2) is 0 Å². The second kappa shape index (κ2) is 7.38. The lowest BCUT2D eigenvalue weighted by Crippen LogP contribution is -2.29. The smallest absolute Gasteiger partial charge is 0.155 e. The van der Waals surface area contributed by atoms with E-state index in [1.54, 1.807) is 0 Å². The van der Waals surface area contributed by atoms with Crippen LogP contribution in [-0.4, -0.2) is 18.5 Å². The van der Waals surface area contributed by atoms with Crippen LogP contribution in [0.1, 0.15) is 66.7 Å². The zero-order chi connectivity index (χ0) is 12.8. The van der Waals surface area contributed by atoms with Crippen LogP contribution in [0.2, 0.25) is 0 Å². The summed E-state index contributed by atoms with van der Waals surface area (Å²) in [5.74, 6) is 1.79. The van der Waals surface area contributed by atoms with Gasteiger partial charge in [0, 0.05) is 0 Å². The third-order valence-electron chi connectivity index (χ3n) is 4.02. The van der Waals surface area contributed by atoms with Crippen molar-refractivity contribution in [2.24, 2.45) is 11.8 Å². The Labute approximate surface area is 107 Å². The van der Waals surface area contributed by atoms with Gasteiger partial charge in [-0.3, -0.25) is 0 Å². The highest BCUT2D eigenvalue weighted by atomic mass is 16.7. The van der Waals surface area contributed by atoms with E-state index in [1.165, 1.54) is 32.1 Å². The van der Waals surface area contributed by atoms with E-state index in [0.29, 0.717) is 6.10 Å². The van der Waals surface area contributed by atoms with Crippen molar-refractivity contribution in [2.75, 3.05) is 0 Å². The van der Waals surface area contributed by atoms with Gasteiger partial charge in [0.05, 0.1) is 12.2 Å². The van der Waals surface area contributed by atoms with E-state index in [-0.39, 0.29) is 12.4 Å². The number of rotatable bonds is 6. The average Bonchev–Trinajstić information content (AvgIpc) is 2.28. The van der Waals surface area contributed by atoms with Gasteiger partial charge in [-0.2, -0.15) is 0 Å². The summed E-state index contributed by atoms with van der Waals surface area (Å²) in [6.07, 6.45) is 7.00. The minimum Gasteiger partial charge on any atom is -0.350 e. The van der Waals surface area contributed by atoms with Gasteiger partial charge in [0.15, 0.2) is 6.29 Å². The molecule has 0 bridgehead atoms. The SMILES string of the molecule is CCC(C)C1CCC(OC(C)OC(C)C)CC1. The van der Waals surface area contributed by atoms with Crippen LogP contribution < -0.4 is 0 Å². The van der Waals surface area contributed by atoms with Crippen molar-refractivity contribution in [2.45, 2.75) is 85.2 Å². The minimum atomic E-state index is -0.0554. The molecule has 1 rings (SSSR count). The molecule has 0 radical (unpaired) electrons. The fraction of sp³-hybridized carbons (Fsp3) is 1.00. The van der Waals surface area contributed by atoms with Crippen LogP contribution in [0.5, 0.6) is 0 Å². The molecule has 0 heterocycles. The van der Waals surface area contributed by atoms with Gasteiger partial charge < -0.3 is 9.47 Å². The summed E-state index contributed by atoms with van der Waals surface area (Å²) in [7, 11) is 0. The van der Waals surface area contributed by atoms with E-state index >= 15 is 0 Å². The molecule has 2 nitrogen and oxygen atoms in total. The predicted octanol–water partition coefficient (Wildman–Crippen LogP) is 4.38. The van der Waals surface area contributed by atoms with Gasteiger partial charge in [0.25, 0.3) is 0 Å². The first-order valence-electron chi connectivity index (χ1n) is 7.33. The minimum absolute atomic E-state index is 0.0554. The van der Waals surface area contributed by atoms with Crippen LogP contribution in [0.15, 0.2) is 0 Å². The van der Waals surface area contributed by atoms with Crippen molar-refractivity contribution in [3.05, 3.63) is 0 Å². The van der Waals surface area contributed by atoms with Crippen LogP contribution in [-0.2, 0) is 9.47 Å². The zero-order valence-electron chi connectivity index (χ0n) is 12.2. The normalized spacial score (nSPS) is 29.3. The topological polar surface area (TPSA) is 18.5 Å². The second-order valence-electron chi connectivity index (χ2n) is 5.81. The van der Waals surface area contributed by atoms with Gasteiger partial charge in [0.1, 0.15) is 0 Å². The lowest BCUT2D eigenvalue weighted by molar-refractivity contribution is -0.184. The van der Waals surface area contributed by atoms with Crippen LogP contribution >= 0.6 is 0 Å². The number of ether oxygens (including phenoxy) is 2. The largest absolute Gasteiger partial charge is 0.350 e. The van der Waals surface area contributed by atoms with Crippen molar-refractivity contribution in [3.8, 4) is 0 Å². The van der Waals surface area contributed by atoms with Gasteiger partial charge in [-0.05, 0) is 58.3 Å². The van der Waals surface area contributed by atoms with E-state index < -0.39 is 0 Å². The predicted molar refractivity (Wildman–Crippen MR) is 72.0 cm³/mol. The first kappa shape index (κ1) is 15.0. The molecular formula is C15H30O2. The molecule has 0 spiro atoms. The van der Waals surface area contributed by atoms with E-state index in [0.717, 1.165) is 11.8 Å². The molecule has 1 saturated carbocycles. The van der Waals surface area contributed by atoms with Gasteiger partial charge in [-0.15, -0.1) is 0 Å². The Hall–Kier alpha value is -0.0800. The molecule has 102 valence electrons. The Morgan fingerprint density at radius 2 is 1.59 bits per heavy atom. The summed E-state index contributed by atoms with van der Waals surface area (Å²) in [4.78, 5) is 0. The van der Waals surface area contributed by atoms with E-state index in [4.69, 9.17) is 9.47 Å². The molecule has 2 atom stereocenters. The fourth-order valence-corrected chi connectivity index (χ4v) is 2.81. The first-order valence-corrected chi connectivity index (χ1v) is 7.33. The molecule has 0 aromatic rings. The second-order valence-corrected chi connectivity index (χ2v) is 5.81. The highest BCUT2D eigenvalue weighted by Gasteiger charge is 2.26. The highest BCUT2D eigenvalue weighted by Crippen LogP contribution is 2.33. The molecule has 0 saturated heterocycles. The molecule has 1 aliphatic rings. The fourth-order valence-electron chi connectivity index (χ4n) is 2.81. The summed E-state index contributed by atoms with van der Waals surface area (Å²) in [5, 5.41) is 0. The van der Waals surface area contributed by atoms with Crippen molar-refractivity contribution >= 4 is 0 Å². The molecule has 1 aliphatic carbocycles. The summed E-state index contributed by atoms with van der Waals surface area (Å²) >= 11 is 0. The lowest BCUT2D eigenvalue weighted by Gasteiger charge is -2.33. The third kappa shape index (κ3) is 5.39. The standard InChI is InChI=1S/C15H30O2/c1-6-12(4)14-7-9-15(10-8-14)17-13(5)16-11(2)3/h11-15H,6-10H2,1-5H3. The Kier molecular flexibility index (Phi) is 6.50. The van der Waals surface area contributed by atoms with Gasteiger partial charge in [-0.1, -0.05) is 20.3 Å². The molecule has 1 fully saturated rings. The zero-order valence-corrected chi connectivity index (χ0v) is 12.2. The van der Waals surface area contributed by atoms with E-state index in [1.807, 2.05) is 6.92 Å². The van der Waals surface area contributed by atoms with Crippen LogP contribution in [0.25, 0.3) is 0 Å².